The molecule has 4 saturated carbocycles. The van der Waals surface area contributed by atoms with Crippen molar-refractivity contribution in [2.45, 2.75) is 64.2 Å². The topological polar surface area (TPSA) is 55.1 Å². The standard InChI is InChI=1S/C17H28N2OS/c18-15(21)3-1-2-4-19-16(20)11-17-8-12-5-13(9-17)7-14(6-12)10-17/h12-14H,1-11H2,(H2,18,21)(H,19,20). The molecule has 4 aliphatic carbocycles. The van der Waals surface area contributed by atoms with Gasteiger partial charge >= 0.3 is 0 Å². The number of nitrogens with one attached hydrogen (secondary N) is 1. The molecule has 4 aliphatic rings. The molecular formula is C17H28N2OS. The first kappa shape index (κ1) is 15.3. The monoisotopic (exact) mass is 308 g/mol. The third kappa shape index (κ3) is 3.77. The Hall–Kier alpha value is -0.640. The predicted molar refractivity (Wildman–Crippen MR) is 88.9 cm³/mol. The van der Waals surface area contributed by atoms with E-state index in [0.29, 0.717) is 10.4 Å². The lowest BCUT2D eigenvalue weighted by molar-refractivity contribution is -0.129. The number of amides is 1. The summed E-state index contributed by atoms with van der Waals surface area (Å²) < 4.78 is 0. The summed E-state index contributed by atoms with van der Waals surface area (Å²) in [4.78, 5) is 12.8. The van der Waals surface area contributed by atoms with Gasteiger partial charge in [-0.15, -0.1) is 0 Å². The second kappa shape index (κ2) is 6.23. The van der Waals surface area contributed by atoms with E-state index in [-0.39, 0.29) is 5.91 Å². The minimum Gasteiger partial charge on any atom is -0.393 e. The van der Waals surface area contributed by atoms with Crippen molar-refractivity contribution < 1.29 is 4.79 Å². The van der Waals surface area contributed by atoms with Crippen LogP contribution in [0.15, 0.2) is 0 Å². The maximum absolute atomic E-state index is 12.3. The minimum absolute atomic E-state index is 0.271. The summed E-state index contributed by atoms with van der Waals surface area (Å²) in [5.41, 5.74) is 5.83. The van der Waals surface area contributed by atoms with Gasteiger partial charge in [0.05, 0.1) is 4.99 Å². The number of nitrogens with two attached hydrogens (primary N) is 1. The van der Waals surface area contributed by atoms with Crippen LogP contribution in [0.1, 0.15) is 64.2 Å². The molecule has 0 aromatic rings. The van der Waals surface area contributed by atoms with Crippen LogP contribution in [0, 0.1) is 23.2 Å². The molecule has 1 amide bonds. The first-order valence-corrected chi connectivity index (χ1v) is 9.00. The highest BCUT2D eigenvalue weighted by Crippen LogP contribution is 2.61. The van der Waals surface area contributed by atoms with Crippen molar-refractivity contribution in [3.8, 4) is 0 Å². The van der Waals surface area contributed by atoms with Crippen molar-refractivity contribution in [1.29, 1.82) is 0 Å². The number of hydrogen-bond acceptors (Lipinski definition) is 2. The van der Waals surface area contributed by atoms with Gasteiger partial charge < -0.3 is 11.1 Å². The Bertz CT molecular complexity index is 386. The van der Waals surface area contributed by atoms with E-state index in [0.717, 1.165) is 50.0 Å². The van der Waals surface area contributed by atoms with E-state index in [9.17, 15) is 4.79 Å². The summed E-state index contributed by atoms with van der Waals surface area (Å²) in [7, 11) is 0. The van der Waals surface area contributed by atoms with Crippen LogP contribution < -0.4 is 11.1 Å². The van der Waals surface area contributed by atoms with Crippen LogP contribution in [-0.2, 0) is 4.79 Å². The van der Waals surface area contributed by atoms with E-state index < -0.39 is 0 Å². The van der Waals surface area contributed by atoms with Gasteiger partial charge in [-0.3, -0.25) is 4.79 Å². The molecule has 0 heterocycles. The van der Waals surface area contributed by atoms with E-state index in [4.69, 9.17) is 18.0 Å². The fourth-order valence-corrected chi connectivity index (χ4v) is 5.71. The largest absolute Gasteiger partial charge is 0.393 e. The fourth-order valence-electron chi connectivity index (χ4n) is 5.56. The maximum Gasteiger partial charge on any atom is 0.220 e. The van der Waals surface area contributed by atoms with Crippen molar-refractivity contribution in [2.24, 2.45) is 28.9 Å². The zero-order valence-electron chi connectivity index (χ0n) is 12.9. The SMILES string of the molecule is NC(=S)CCCCNC(=O)CC12CC3CC(CC(C3)C1)C2. The highest BCUT2D eigenvalue weighted by Gasteiger charge is 2.51. The van der Waals surface area contributed by atoms with Crippen molar-refractivity contribution in [3.63, 3.8) is 0 Å². The Morgan fingerprint density at radius 3 is 2.19 bits per heavy atom. The second-order valence-electron chi connectivity index (χ2n) is 7.87. The molecule has 0 radical (unpaired) electrons. The molecule has 0 unspecified atom stereocenters. The summed E-state index contributed by atoms with van der Waals surface area (Å²) in [5.74, 6) is 3.05. The van der Waals surface area contributed by atoms with Crippen LogP contribution in [0.5, 0.6) is 0 Å². The summed E-state index contributed by atoms with van der Waals surface area (Å²) in [6.07, 6.45) is 11.8. The van der Waals surface area contributed by atoms with Crippen LogP contribution in [0.3, 0.4) is 0 Å². The van der Waals surface area contributed by atoms with E-state index in [2.05, 4.69) is 5.32 Å². The van der Waals surface area contributed by atoms with Crippen molar-refractivity contribution in [2.75, 3.05) is 6.54 Å². The average molecular weight is 308 g/mol. The molecule has 21 heavy (non-hydrogen) atoms. The quantitative estimate of drug-likeness (QED) is 0.561. The van der Waals surface area contributed by atoms with Crippen LogP contribution >= 0.6 is 12.2 Å². The lowest BCUT2D eigenvalue weighted by Gasteiger charge is -2.56. The van der Waals surface area contributed by atoms with Crippen molar-refractivity contribution in [1.82, 2.24) is 5.32 Å². The molecule has 0 spiro atoms. The summed E-state index contributed by atoms with van der Waals surface area (Å²) >= 11 is 4.86. The molecular weight excluding hydrogens is 280 g/mol. The molecule has 4 heteroatoms. The average Bonchev–Trinajstić information content (AvgIpc) is 2.35. The molecule has 4 bridgehead atoms. The predicted octanol–water partition coefficient (Wildman–Crippen LogP) is 3.17. The van der Waals surface area contributed by atoms with Gasteiger partial charge in [0.25, 0.3) is 0 Å². The van der Waals surface area contributed by atoms with Gasteiger partial charge in [-0.05, 0) is 81.0 Å². The van der Waals surface area contributed by atoms with Gasteiger partial charge in [-0.25, -0.2) is 0 Å². The molecule has 3 nitrogen and oxygen atoms in total. The Morgan fingerprint density at radius 2 is 1.67 bits per heavy atom. The summed E-state index contributed by atoms with van der Waals surface area (Å²) in [6.45, 7) is 0.772. The number of thiocarbonyl (C=S) groups is 1. The molecule has 0 saturated heterocycles. The third-order valence-corrected chi connectivity index (χ3v) is 6.08. The Balaban J connectivity index is 1.41. The summed E-state index contributed by atoms with van der Waals surface area (Å²) in [6, 6.07) is 0. The normalized spacial score (nSPS) is 36.7. The molecule has 4 fully saturated rings. The van der Waals surface area contributed by atoms with Gasteiger partial charge in [0.1, 0.15) is 0 Å². The third-order valence-electron chi connectivity index (χ3n) is 5.87. The Morgan fingerprint density at radius 1 is 1.10 bits per heavy atom. The number of carbonyl (C=O) groups excluding carboxylic acids is 1. The zero-order valence-corrected chi connectivity index (χ0v) is 13.7. The van der Waals surface area contributed by atoms with E-state index in [1.165, 1.54) is 38.5 Å². The van der Waals surface area contributed by atoms with Crippen molar-refractivity contribution in [3.05, 3.63) is 0 Å². The van der Waals surface area contributed by atoms with E-state index >= 15 is 0 Å². The molecule has 0 aromatic carbocycles. The molecule has 0 aliphatic heterocycles. The highest BCUT2D eigenvalue weighted by molar-refractivity contribution is 7.80. The van der Waals surface area contributed by atoms with Gasteiger partial charge in [0, 0.05) is 13.0 Å². The van der Waals surface area contributed by atoms with Gasteiger partial charge in [-0.1, -0.05) is 12.2 Å². The fraction of sp³-hybridized carbons (Fsp3) is 0.882. The lowest BCUT2D eigenvalue weighted by atomic mass is 9.49. The van der Waals surface area contributed by atoms with Crippen LogP contribution in [0.25, 0.3) is 0 Å². The highest BCUT2D eigenvalue weighted by atomic mass is 32.1. The van der Waals surface area contributed by atoms with Crippen LogP contribution in [-0.4, -0.2) is 17.4 Å². The number of hydrogen-bond donors (Lipinski definition) is 2. The first-order chi connectivity index (χ1) is 10.0. The molecule has 4 rings (SSSR count). The van der Waals surface area contributed by atoms with Crippen LogP contribution in [0.4, 0.5) is 0 Å². The number of rotatable bonds is 7. The summed E-state index contributed by atoms with van der Waals surface area (Å²) in [5, 5.41) is 3.11. The first-order valence-electron chi connectivity index (χ1n) is 8.60. The molecule has 118 valence electrons. The molecule has 3 N–H and O–H groups in total. The number of unbranched alkanes of at least 4 members (excludes halogenated alkanes) is 1. The Kier molecular flexibility index (Phi) is 4.53. The van der Waals surface area contributed by atoms with Crippen molar-refractivity contribution >= 4 is 23.1 Å². The van der Waals surface area contributed by atoms with Gasteiger partial charge in [0.2, 0.25) is 5.91 Å². The molecule has 0 aromatic heterocycles. The molecule has 0 atom stereocenters. The number of carbonyl (C=O) groups is 1. The van der Waals surface area contributed by atoms with E-state index in [1.54, 1.807) is 0 Å². The Labute approximate surface area is 133 Å². The van der Waals surface area contributed by atoms with Crippen LogP contribution in [0.2, 0.25) is 0 Å². The maximum atomic E-state index is 12.3. The zero-order chi connectivity index (χ0) is 14.9. The minimum atomic E-state index is 0.271. The lowest BCUT2D eigenvalue weighted by Crippen LogP contribution is -2.48. The second-order valence-corrected chi connectivity index (χ2v) is 8.39. The smallest absolute Gasteiger partial charge is 0.220 e. The van der Waals surface area contributed by atoms with E-state index in [1.807, 2.05) is 0 Å². The van der Waals surface area contributed by atoms with Gasteiger partial charge in [-0.2, -0.15) is 0 Å². The van der Waals surface area contributed by atoms with Gasteiger partial charge in [0.15, 0.2) is 0 Å².